The van der Waals surface area contributed by atoms with E-state index in [0.29, 0.717) is 29.2 Å². The summed E-state index contributed by atoms with van der Waals surface area (Å²) in [6, 6.07) is 6.05. The van der Waals surface area contributed by atoms with Gasteiger partial charge in [-0.1, -0.05) is 24.2 Å². The van der Waals surface area contributed by atoms with Crippen LogP contribution in [-0.4, -0.2) is 33.4 Å². The molecule has 0 aromatic heterocycles. The molecule has 136 valence electrons. The third-order valence-corrected chi connectivity index (χ3v) is 4.01. The monoisotopic (exact) mass is 346 g/mol. The van der Waals surface area contributed by atoms with Crippen molar-refractivity contribution in [2.75, 3.05) is 27.4 Å². The zero-order chi connectivity index (χ0) is 20.8. The van der Waals surface area contributed by atoms with Crippen LogP contribution in [-0.2, 0) is 6.42 Å². The number of hydrogen-bond acceptors (Lipinski definition) is 4. The van der Waals surface area contributed by atoms with Crippen LogP contribution >= 0.6 is 0 Å². The second-order valence-corrected chi connectivity index (χ2v) is 6.06. The van der Waals surface area contributed by atoms with E-state index in [9.17, 15) is 0 Å². The summed E-state index contributed by atoms with van der Waals surface area (Å²) in [6.07, 6.45) is 0.837. The summed E-state index contributed by atoms with van der Waals surface area (Å²) in [5, 5.41) is 3.42. The molecule has 2 aromatic carbocycles. The van der Waals surface area contributed by atoms with Gasteiger partial charge in [0.2, 0.25) is 0 Å². The lowest BCUT2D eigenvalue weighted by Crippen LogP contribution is -2.33. The maximum atomic E-state index is 7.95. The molecule has 0 saturated carbocycles. The summed E-state index contributed by atoms with van der Waals surface area (Å²) in [7, 11) is 3.25. The number of ether oxygens (including phenoxy) is 3. The third kappa shape index (κ3) is 5.40. The molecular weight excluding hydrogens is 314 g/mol. The van der Waals surface area contributed by atoms with Crippen molar-refractivity contribution < 1.29 is 18.3 Å². The Bertz CT molecular complexity index is 798. The van der Waals surface area contributed by atoms with E-state index < -0.39 is 0 Å². The van der Waals surface area contributed by atoms with Crippen LogP contribution in [0.25, 0.3) is 0 Å². The maximum absolute atomic E-state index is 7.95. The van der Waals surface area contributed by atoms with Gasteiger partial charge in [-0.25, -0.2) is 0 Å². The van der Waals surface area contributed by atoms with Gasteiger partial charge in [-0.05, 0) is 62.6 Å². The molecule has 0 aliphatic rings. The van der Waals surface area contributed by atoms with E-state index in [2.05, 4.69) is 5.32 Å². The highest BCUT2D eigenvalue weighted by Crippen LogP contribution is 2.27. The Labute approximate surface area is 155 Å². The van der Waals surface area contributed by atoms with E-state index in [0.717, 1.165) is 24.3 Å². The van der Waals surface area contributed by atoms with Crippen molar-refractivity contribution in [3.8, 4) is 17.2 Å². The van der Waals surface area contributed by atoms with Crippen LogP contribution in [0, 0.1) is 13.8 Å². The maximum Gasteiger partial charge on any atom is 0.160 e. The third-order valence-electron chi connectivity index (χ3n) is 4.01. The number of benzene rings is 2. The predicted octanol–water partition coefficient (Wildman–Crippen LogP) is 3.92. The van der Waals surface area contributed by atoms with Gasteiger partial charge in [0.25, 0.3) is 0 Å². The lowest BCUT2D eigenvalue weighted by atomic mass is 10.1. The molecule has 0 saturated heterocycles. The van der Waals surface area contributed by atoms with Gasteiger partial charge >= 0.3 is 0 Å². The highest BCUT2D eigenvalue weighted by Gasteiger charge is 2.08. The van der Waals surface area contributed by atoms with Crippen LogP contribution in [0.15, 0.2) is 36.3 Å². The summed E-state index contributed by atoms with van der Waals surface area (Å²) < 4.78 is 40.2. The fourth-order valence-electron chi connectivity index (χ4n) is 2.60. The number of nitrogens with one attached hydrogen (secondary N) is 1. The van der Waals surface area contributed by atoms with Gasteiger partial charge < -0.3 is 19.5 Å². The Hall–Kier alpha value is -2.20. The minimum absolute atomic E-state index is 0.0524. The first kappa shape index (κ1) is 15.1. The Morgan fingerprint density at radius 1 is 1.08 bits per heavy atom. The molecule has 0 fully saturated rings. The summed E-state index contributed by atoms with van der Waals surface area (Å²) >= 11 is 0. The first-order valence-corrected chi connectivity index (χ1v) is 8.44. The van der Waals surface area contributed by atoms with Gasteiger partial charge in [-0.2, -0.15) is 0 Å². The molecule has 25 heavy (non-hydrogen) atoms. The van der Waals surface area contributed by atoms with Crippen molar-refractivity contribution in [1.82, 2.24) is 5.32 Å². The fraction of sp³-hybridized carbons (Fsp3) is 0.429. The van der Waals surface area contributed by atoms with Crippen LogP contribution in [0.5, 0.6) is 17.2 Å². The second kappa shape index (κ2) is 9.33. The lowest BCUT2D eigenvalue weighted by molar-refractivity contribution is 0.271. The van der Waals surface area contributed by atoms with E-state index >= 15 is 0 Å². The fourth-order valence-corrected chi connectivity index (χ4v) is 2.60. The molecule has 0 radical (unpaired) electrons. The van der Waals surface area contributed by atoms with Crippen LogP contribution in [0.1, 0.15) is 27.7 Å². The molecule has 2 rings (SSSR count). The molecule has 0 aliphatic heterocycles. The molecule has 4 nitrogen and oxygen atoms in total. The van der Waals surface area contributed by atoms with E-state index in [1.54, 1.807) is 28.1 Å². The van der Waals surface area contributed by atoms with Gasteiger partial charge in [0.1, 0.15) is 12.4 Å². The van der Waals surface area contributed by atoms with E-state index in [-0.39, 0.29) is 24.2 Å². The molecule has 0 heterocycles. The van der Waals surface area contributed by atoms with E-state index in [1.807, 2.05) is 25.1 Å². The van der Waals surface area contributed by atoms with Crippen LogP contribution in [0.2, 0.25) is 0 Å². The van der Waals surface area contributed by atoms with Crippen molar-refractivity contribution in [3.63, 3.8) is 0 Å². The van der Waals surface area contributed by atoms with Crippen LogP contribution in [0.4, 0.5) is 0 Å². The highest BCUT2D eigenvalue weighted by atomic mass is 16.5. The Morgan fingerprint density at radius 2 is 1.76 bits per heavy atom. The van der Waals surface area contributed by atoms with Gasteiger partial charge in [-0.3, -0.25) is 0 Å². The van der Waals surface area contributed by atoms with Gasteiger partial charge in [0.15, 0.2) is 11.5 Å². The molecule has 1 N–H and O–H groups in total. The predicted molar refractivity (Wildman–Crippen MR) is 102 cm³/mol. The standard InChI is InChI=1S/C21H29NO3/c1-15-7-6-8-16(2)21(15)25-14-17(3)22-12-11-18-9-10-19(23-4)20(13-18)24-5/h6-10,13,17,22H,11-12,14H2,1-5H3/i6D,7D,8D. The van der Waals surface area contributed by atoms with Crippen molar-refractivity contribution in [2.45, 2.75) is 33.2 Å². The molecule has 2 aromatic rings. The summed E-state index contributed by atoms with van der Waals surface area (Å²) in [4.78, 5) is 0. The summed E-state index contributed by atoms with van der Waals surface area (Å²) in [6.45, 7) is 6.75. The quantitative estimate of drug-likeness (QED) is 0.747. The number of para-hydroxylation sites is 1. The molecular formula is C21H29NO3. The van der Waals surface area contributed by atoms with Gasteiger partial charge in [0.05, 0.1) is 18.3 Å². The second-order valence-electron chi connectivity index (χ2n) is 6.06. The van der Waals surface area contributed by atoms with Crippen LogP contribution < -0.4 is 19.5 Å². The Kier molecular flexibility index (Phi) is 5.63. The molecule has 4 heteroatoms. The molecule has 1 unspecified atom stereocenters. The average Bonchev–Trinajstić information content (AvgIpc) is 2.70. The Morgan fingerprint density at radius 3 is 2.40 bits per heavy atom. The molecule has 0 amide bonds. The first-order chi connectivity index (χ1) is 13.3. The summed E-state index contributed by atoms with van der Waals surface area (Å²) in [5.41, 5.74) is 2.36. The normalized spacial score (nSPS) is 13.6. The first-order valence-electron chi connectivity index (χ1n) is 9.94. The summed E-state index contributed by atoms with van der Waals surface area (Å²) in [5.74, 6) is 1.98. The molecule has 0 aliphatic carbocycles. The van der Waals surface area contributed by atoms with Crippen molar-refractivity contribution >= 4 is 0 Å². The molecule has 1 atom stereocenters. The van der Waals surface area contributed by atoms with Crippen molar-refractivity contribution in [1.29, 1.82) is 0 Å². The van der Waals surface area contributed by atoms with Crippen molar-refractivity contribution in [2.24, 2.45) is 0 Å². The topological polar surface area (TPSA) is 39.7 Å². The number of hydrogen-bond donors (Lipinski definition) is 1. The lowest BCUT2D eigenvalue weighted by Gasteiger charge is -2.17. The van der Waals surface area contributed by atoms with Gasteiger partial charge in [0, 0.05) is 6.04 Å². The molecule has 0 bridgehead atoms. The smallest absolute Gasteiger partial charge is 0.160 e. The van der Waals surface area contributed by atoms with Crippen LogP contribution in [0.3, 0.4) is 0 Å². The SMILES string of the molecule is [2H]c1c([2H])c(C)c(OCC(C)NCCc2ccc(OC)c(OC)c2)c(C)c1[2H]. The number of methoxy groups -OCH3 is 2. The van der Waals surface area contributed by atoms with E-state index in [1.165, 1.54) is 0 Å². The highest BCUT2D eigenvalue weighted by molar-refractivity contribution is 5.43. The van der Waals surface area contributed by atoms with Gasteiger partial charge in [-0.15, -0.1) is 0 Å². The largest absolute Gasteiger partial charge is 0.493 e. The van der Waals surface area contributed by atoms with Crippen molar-refractivity contribution in [3.05, 3.63) is 53.0 Å². The zero-order valence-electron chi connectivity index (χ0n) is 18.7. The minimum Gasteiger partial charge on any atom is -0.493 e. The minimum atomic E-state index is -0.0524. The average molecular weight is 346 g/mol. The molecule has 0 spiro atoms. The Balaban J connectivity index is 1.90. The van der Waals surface area contributed by atoms with E-state index in [4.69, 9.17) is 18.3 Å². The zero-order valence-corrected chi connectivity index (χ0v) is 15.7. The number of rotatable bonds is 9.